The second-order valence-corrected chi connectivity index (χ2v) is 5.08. The number of rotatable bonds is 2. The molecule has 0 bridgehead atoms. The number of aryl methyl sites for hydroxylation is 1. The van der Waals surface area contributed by atoms with Crippen LogP contribution in [0.2, 0.25) is 0 Å². The highest BCUT2D eigenvalue weighted by Crippen LogP contribution is 2.39. The third-order valence-electron chi connectivity index (χ3n) is 2.70. The summed E-state index contributed by atoms with van der Waals surface area (Å²) in [4.78, 5) is 5.29. The number of hydrogen-bond donors (Lipinski definition) is 1. The minimum Gasteiger partial charge on any atom is -0.453 e. The largest absolute Gasteiger partial charge is 0.453 e. The average Bonchev–Trinajstić information content (AvgIpc) is 2.82. The van der Waals surface area contributed by atoms with Gasteiger partial charge in [-0.05, 0) is 12.1 Å². The van der Waals surface area contributed by atoms with Gasteiger partial charge in [0.15, 0.2) is 11.6 Å². The number of thioether (sulfide) groups is 1. The van der Waals surface area contributed by atoms with E-state index >= 15 is 0 Å². The summed E-state index contributed by atoms with van der Waals surface area (Å²) in [6.07, 6.45) is 2.62. The Hall–Kier alpha value is -1.75. The third kappa shape index (κ3) is 2.01. The highest BCUT2D eigenvalue weighted by Gasteiger charge is 2.18. The van der Waals surface area contributed by atoms with Gasteiger partial charge < -0.3 is 10.5 Å². The lowest BCUT2D eigenvalue weighted by Gasteiger charge is -2.10. The fourth-order valence-electron chi connectivity index (χ4n) is 1.85. The van der Waals surface area contributed by atoms with Crippen LogP contribution in [0, 0.1) is 5.82 Å². The van der Waals surface area contributed by atoms with Crippen molar-refractivity contribution in [1.82, 2.24) is 4.98 Å². The number of aromatic nitrogens is 1. The molecule has 1 aromatic heterocycles. The Bertz CT molecular complexity index is 604. The third-order valence-corrected chi connectivity index (χ3v) is 3.84. The summed E-state index contributed by atoms with van der Waals surface area (Å²) in [6, 6.07) is 6.17. The Balaban J connectivity index is 1.95. The SMILES string of the molecule is Nc1ccc(Oc2ccnc3c2SCC3)c(F)c1. The number of anilines is 1. The van der Waals surface area contributed by atoms with Crippen molar-refractivity contribution in [3.05, 3.63) is 42.0 Å². The molecule has 3 nitrogen and oxygen atoms in total. The van der Waals surface area contributed by atoms with E-state index in [1.807, 2.05) is 0 Å². The first-order chi connectivity index (χ1) is 8.74. The zero-order valence-corrected chi connectivity index (χ0v) is 10.3. The van der Waals surface area contributed by atoms with Gasteiger partial charge in [-0.1, -0.05) is 0 Å². The first-order valence-electron chi connectivity index (χ1n) is 5.57. The number of benzene rings is 1. The number of nitrogens with zero attached hydrogens (tertiary/aromatic N) is 1. The molecule has 0 atom stereocenters. The highest BCUT2D eigenvalue weighted by atomic mass is 32.2. The van der Waals surface area contributed by atoms with Crippen molar-refractivity contribution in [2.45, 2.75) is 11.3 Å². The van der Waals surface area contributed by atoms with Gasteiger partial charge in [0.05, 0.1) is 10.6 Å². The number of hydrogen-bond acceptors (Lipinski definition) is 4. The van der Waals surface area contributed by atoms with Crippen LogP contribution in [0.25, 0.3) is 0 Å². The van der Waals surface area contributed by atoms with Gasteiger partial charge in [0.25, 0.3) is 0 Å². The molecule has 0 amide bonds. The summed E-state index contributed by atoms with van der Waals surface area (Å²) < 4.78 is 19.3. The lowest BCUT2D eigenvalue weighted by atomic mass is 10.2. The molecule has 0 saturated heterocycles. The molecule has 1 aliphatic rings. The van der Waals surface area contributed by atoms with Crippen LogP contribution in [-0.4, -0.2) is 10.7 Å². The van der Waals surface area contributed by atoms with Crippen LogP contribution in [0.4, 0.5) is 10.1 Å². The summed E-state index contributed by atoms with van der Waals surface area (Å²) in [6.45, 7) is 0. The number of nitrogen functional groups attached to an aromatic ring is 1. The fraction of sp³-hybridized carbons (Fsp3) is 0.154. The predicted molar refractivity (Wildman–Crippen MR) is 69.6 cm³/mol. The van der Waals surface area contributed by atoms with Crippen molar-refractivity contribution in [2.24, 2.45) is 0 Å². The normalized spacial score (nSPS) is 13.4. The molecule has 18 heavy (non-hydrogen) atoms. The molecule has 2 heterocycles. The molecule has 2 aromatic rings. The second kappa shape index (κ2) is 4.49. The molecule has 5 heteroatoms. The first-order valence-corrected chi connectivity index (χ1v) is 6.56. The standard InChI is InChI=1S/C13H11FN2OS/c14-9-7-8(15)1-2-11(9)17-12-3-5-16-10-4-6-18-13(10)12/h1-3,5,7H,4,6,15H2. The van der Waals surface area contributed by atoms with E-state index in [9.17, 15) is 4.39 Å². The lowest BCUT2D eigenvalue weighted by Crippen LogP contribution is -1.94. The van der Waals surface area contributed by atoms with Crippen LogP contribution in [-0.2, 0) is 6.42 Å². The predicted octanol–water partition coefficient (Wildman–Crippen LogP) is 3.24. The second-order valence-electron chi connectivity index (χ2n) is 3.98. The number of halogens is 1. The van der Waals surface area contributed by atoms with Gasteiger partial charge in [0, 0.05) is 36.2 Å². The van der Waals surface area contributed by atoms with Gasteiger partial charge in [-0.3, -0.25) is 4.98 Å². The van der Waals surface area contributed by atoms with E-state index in [0.717, 1.165) is 22.8 Å². The molecule has 92 valence electrons. The van der Waals surface area contributed by atoms with Gasteiger partial charge in [-0.2, -0.15) is 0 Å². The minimum atomic E-state index is -0.455. The van der Waals surface area contributed by atoms with Crippen LogP contribution in [0.1, 0.15) is 5.69 Å². The van der Waals surface area contributed by atoms with Crippen LogP contribution in [0.3, 0.4) is 0 Å². The van der Waals surface area contributed by atoms with E-state index in [0.29, 0.717) is 11.4 Å². The van der Waals surface area contributed by atoms with Crippen LogP contribution < -0.4 is 10.5 Å². The topological polar surface area (TPSA) is 48.1 Å². The maximum Gasteiger partial charge on any atom is 0.167 e. The summed E-state index contributed by atoms with van der Waals surface area (Å²) in [7, 11) is 0. The fourth-order valence-corrected chi connectivity index (χ4v) is 2.93. The molecule has 1 aliphatic heterocycles. The Morgan fingerprint density at radius 2 is 2.17 bits per heavy atom. The lowest BCUT2D eigenvalue weighted by molar-refractivity contribution is 0.432. The number of ether oxygens (including phenoxy) is 1. The molecule has 0 saturated carbocycles. The van der Waals surface area contributed by atoms with E-state index < -0.39 is 5.82 Å². The van der Waals surface area contributed by atoms with Crippen molar-refractivity contribution in [3.8, 4) is 11.5 Å². The van der Waals surface area contributed by atoms with Gasteiger partial charge in [-0.25, -0.2) is 4.39 Å². The monoisotopic (exact) mass is 262 g/mol. The van der Waals surface area contributed by atoms with E-state index in [4.69, 9.17) is 10.5 Å². The molecule has 0 aliphatic carbocycles. The maximum absolute atomic E-state index is 13.7. The zero-order chi connectivity index (χ0) is 12.5. The Morgan fingerprint density at radius 3 is 3.00 bits per heavy atom. The van der Waals surface area contributed by atoms with Crippen LogP contribution in [0.15, 0.2) is 35.4 Å². The average molecular weight is 262 g/mol. The van der Waals surface area contributed by atoms with Crippen molar-refractivity contribution in [2.75, 3.05) is 11.5 Å². The molecule has 0 fully saturated rings. The van der Waals surface area contributed by atoms with Gasteiger partial charge in [0.1, 0.15) is 5.75 Å². The minimum absolute atomic E-state index is 0.185. The Kier molecular flexibility index (Phi) is 2.83. The summed E-state index contributed by atoms with van der Waals surface area (Å²) in [5.74, 6) is 1.38. The van der Waals surface area contributed by atoms with E-state index in [1.165, 1.54) is 12.1 Å². The molecule has 0 unspecified atom stereocenters. The van der Waals surface area contributed by atoms with E-state index in [1.54, 1.807) is 30.1 Å². The molecule has 3 rings (SSSR count). The smallest absolute Gasteiger partial charge is 0.167 e. The number of nitrogens with two attached hydrogens (primary N) is 1. The summed E-state index contributed by atoms with van der Waals surface area (Å²) in [5.41, 5.74) is 6.91. The number of fused-ring (bicyclic) bond motifs is 1. The molecule has 1 aromatic carbocycles. The molecular formula is C13H11FN2OS. The number of pyridine rings is 1. The summed E-state index contributed by atoms with van der Waals surface area (Å²) >= 11 is 1.69. The maximum atomic E-state index is 13.7. The Labute approximate surface area is 108 Å². The van der Waals surface area contributed by atoms with Crippen molar-refractivity contribution < 1.29 is 9.13 Å². The zero-order valence-electron chi connectivity index (χ0n) is 9.52. The van der Waals surface area contributed by atoms with Crippen LogP contribution in [0.5, 0.6) is 11.5 Å². The molecule has 0 spiro atoms. The first kappa shape index (κ1) is 11.3. The van der Waals surface area contributed by atoms with Gasteiger partial charge >= 0.3 is 0 Å². The Morgan fingerprint density at radius 1 is 1.28 bits per heavy atom. The van der Waals surface area contributed by atoms with Crippen LogP contribution >= 0.6 is 11.8 Å². The highest BCUT2D eigenvalue weighted by molar-refractivity contribution is 7.99. The molecule has 2 N–H and O–H groups in total. The van der Waals surface area contributed by atoms with Gasteiger partial charge in [-0.15, -0.1) is 11.8 Å². The molecule has 0 radical (unpaired) electrons. The van der Waals surface area contributed by atoms with Crippen molar-refractivity contribution in [1.29, 1.82) is 0 Å². The van der Waals surface area contributed by atoms with Gasteiger partial charge in [0.2, 0.25) is 0 Å². The van der Waals surface area contributed by atoms with Crippen molar-refractivity contribution >= 4 is 17.4 Å². The van der Waals surface area contributed by atoms with E-state index in [2.05, 4.69) is 4.98 Å². The van der Waals surface area contributed by atoms with E-state index in [-0.39, 0.29) is 5.75 Å². The van der Waals surface area contributed by atoms with Crippen molar-refractivity contribution in [3.63, 3.8) is 0 Å². The molecular weight excluding hydrogens is 251 g/mol. The quantitative estimate of drug-likeness (QED) is 0.844. The summed E-state index contributed by atoms with van der Waals surface area (Å²) in [5, 5.41) is 0.